The van der Waals surface area contributed by atoms with Crippen molar-refractivity contribution >= 4 is 13.9 Å². The van der Waals surface area contributed by atoms with Crippen molar-refractivity contribution in [2.75, 3.05) is 7.11 Å². The van der Waals surface area contributed by atoms with Gasteiger partial charge >= 0.3 is 33.9 Å². The Morgan fingerprint density at radius 3 is 1.77 bits per heavy atom. The summed E-state index contributed by atoms with van der Waals surface area (Å²) in [6, 6.07) is 18.4. The standard InChI is InChI=1S/C33H38O3Si.3CO.Cr/c1-21(2)37(22(3)4,23(5)6)32-30-27-15-11-12-16-28(27)36-33(30,25-17-19-26(35-7)20-18-25)29(31(32)34)24-13-9-8-10-14-24;3*1-2;/h8-23,29H,1-7H3;;;;/t29-,33+;;;;/m1..../s1. The molecule has 0 aromatic heterocycles. The Bertz CT molecular complexity index is 1280. The average molecular weight is 647 g/mol. The predicted molar refractivity (Wildman–Crippen MR) is 163 cm³/mol. The molecule has 0 N–H and O–H groups in total. The van der Waals surface area contributed by atoms with Crippen molar-refractivity contribution < 1.29 is 45.6 Å². The van der Waals surface area contributed by atoms with Gasteiger partial charge in [0.1, 0.15) is 17.5 Å². The molecule has 44 heavy (non-hydrogen) atoms. The van der Waals surface area contributed by atoms with Gasteiger partial charge in [0.15, 0.2) is 5.78 Å². The van der Waals surface area contributed by atoms with Crippen LogP contribution in [0.25, 0.3) is 0 Å². The van der Waals surface area contributed by atoms with E-state index in [0.717, 1.165) is 39.7 Å². The molecule has 2 aromatic rings. The summed E-state index contributed by atoms with van der Waals surface area (Å²) in [5.41, 5.74) is 3.38. The summed E-state index contributed by atoms with van der Waals surface area (Å²) in [5.74, 6) is 1.65. The monoisotopic (exact) mass is 646 g/mol. The fraction of sp³-hybridized carbons (Fsp3) is 0.333. The Hall–Kier alpha value is -2.42. The Morgan fingerprint density at radius 1 is 0.795 bits per heavy atom. The van der Waals surface area contributed by atoms with Gasteiger partial charge in [-0.15, -0.1) is 0 Å². The van der Waals surface area contributed by atoms with Crippen molar-refractivity contribution in [3.05, 3.63) is 134 Å². The number of Topliss-reactive ketones (excluding diaryl/α,β-unsaturated/α-hetero) is 1. The second-order valence-electron chi connectivity index (χ2n) is 11.4. The summed E-state index contributed by atoms with van der Waals surface area (Å²) in [6.07, 6.45) is 9.16. The molecule has 1 saturated carbocycles. The maximum absolute atomic E-state index is 15.1. The fourth-order valence-corrected chi connectivity index (χ4v) is 14.8. The maximum Gasteiger partial charge on any atom is 0 e. The molecule has 2 aromatic carbocycles. The van der Waals surface area contributed by atoms with E-state index in [4.69, 9.17) is 23.4 Å². The number of methoxy groups -OCH3 is 1. The molecule has 1 heterocycles. The number of ketones is 1. The van der Waals surface area contributed by atoms with Crippen LogP contribution >= 0.6 is 0 Å². The van der Waals surface area contributed by atoms with E-state index in [1.54, 1.807) is 7.11 Å². The van der Waals surface area contributed by atoms with Crippen LogP contribution < -0.4 is 4.74 Å². The minimum atomic E-state index is -2.36. The first-order chi connectivity index (χ1) is 20.7. The molecule has 6 radical (unpaired) electrons. The van der Waals surface area contributed by atoms with E-state index in [2.05, 4.69) is 105 Å². The van der Waals surface area contributed by atoms with Crippen LogP contribution in [0.3, 0.4) is 0 Å². The zero-order chi connectivity index (χ0) is 32.5. The summed E-state index contributed by atoms with van der Waals surface area (Å²) in [7, 11) is -0.680. The van der Waals surface area contributed by atoms with E-state index >= 15 is 4.79 Å². The normalized spacial score (nSPS) is 21.1. The molecule has 8 heteroatoms. The number of allylic oxidation sites excluding steroid dienone is 1. The minimum absolute atomic E-state index is 0. The summed E-state index contributed by atoms with van der Waals surface area (Å²) in [4.78, 5) is 15.1. The second-order valence-corrected chi connectivity index (χ2v) is 17.2. The van der Waals surface area contributed by atoms with E-state index in [9.17, 15) is 0 Å². The van der Waals surface area contributed by atoms with Crippen LogP contribution in [0.4, 0.5) is 0 Å². The molecule has 3 aliphatic rings. The van der Waals surface area contributed by atoms with Gasteiger partial charge in [-0.05, 0) is 69.9 Å². The van der Waals surface area contributed by atoms with Gasteiger partial charge in [0.25, 0.3) is 0 Å². The van der Waals surface area contributed by atoms with Crippen molar-refractivity contribution in [1.29, 1.82) is 0 Å². The molecule has 1 aliphatic heterocycles. The Kier molecular flexibility index (Phi) is 15.6. The molecular formula is C36H38CrO6Si. The third kappa shape index (κ3) is 6.45. The second kappa shape index (κ2) is 17.3. The van der Waals surface area contributed by atoms with Crippen LogP contribution in [0, 0.1) is 57.7 Å². The molecule has 2 fully saturated rings. The van der Waals surface area contributed by atoms with Crippen molar-refractivity contribution in [2.45, 2.75) is 69.7 Å². The molecule has 0 unspecified atom stereocenters. The number of rotatable bonds is 7. The van der Waals surface area contributed by atoms with Crippen LogP contribution in [0.5, 0.6) is 5.75 Å². The van der Waals surface area contributed by atoms with Gasteiger partial charge in [0.05, 0.1) is 21.1 Å². The van der Waals surface area contributed by atoms with Crippen LogP contribution in [-0.4, -0.2) is 21.0 Å². The molecule has 5 rings (SSSR count). The topological polar surface area (TPSA) is 95.2 Å². The summed E-state index contributed by atoms with van der Waals surface area (Å²) >= 11 is 0. The third-order valence-electron chi connectivity index (χ3n) is 8.91. The number of carbonyl (C=O) groups excluding carboxylic acids is 1. The van der Waals surface area contributed by atoms with Crippen LogP contribution in [0.1, 0.15) is 58.6 Å². The quantitative estimate of drug-likeness (QED) is 0.176. The molecule has 228 valence electrons. The van der Waals surface area contributed by atoms with Gasteiger partial charge in [0.2, 0.25) is 0 Å². The van der Waals surface area contributed by atoms with Crippen molar-refractivity contribution in [3.8, 4) is 5.75 Å². The van der Waals surface area contributed by atoms with Gasteiger partial charge in [-0.2, -0.15) is 0 Å². The first-order valence-electron chi connectivity index (χ1n) is 14.1. The molecule has 2 atom stereocenters. The predicted octanol–water partition coefficient (Wildman–Crippen LogP) is 7.62. The Labute approximate surface area is 275 Å². The van der Waals surface area contributed by atoms with E-state index in [1.165, 1.54) is 0 Å². The van der Waals surface area contributed by atoms with E-state index in [1.807, 2.05) is 36.8 Å². The van der Waals surface area contributed by atoms with Gasteiger partial charge in [-0.1, -0.05) is 84.0 Å². The molecule has 0 amide bonds. The van der Waals surface area contributed by atoms with Crippen LogP contribution in [0.15, 0.2) is 65.4 Å². The number of carbonyl (C=O) groups is 1. The number of benzene rings is 2. The fourth-order valence-electron chi connectivity index (χ4n) is 7.70. The maximum atomic E-state index is 15.1. The zero-order valence-corrected chi connectivity index (χ0v) is 28.4. The van der Waals surface area contributed by atoms with Crippen molar-refractivity contribution in [1.82, 2.24) is 0 Å². The van der Waals surface area contributed by atoms with Crippen LogP contribution in [0.2, 0.25) is 16.6 Å². The van der Waals surface area contributed by atoms with Gasteiger partial charge in [-0.3, -0.25) is 4.79 Å². The van der Waals surface area contributed by atoms with E-state index in [0.29, 0.717) is 16.6 Å². The molecule has 1 saturated heterocycles. The van der Waals surface area contributed by atoms with Gasteiger partial charge in [0, 0.05) is 29.7 Å². The molecule has 0 spiro atoms. The molecule has 2 aliphatic carbocycles. The van der Waals surface area contributed by atoms with Crippen LogP contribution in [-0.2, 0) is 46.5 Å². The first-order valence-corrected chi connectivity index (χ1v) is 16.3. The SMILES string of the molecule is COc1ccc([C@@]23O[C]4[CH][CH][CH][CH][C]4C2=C([Si](C(C)C)(C(C)C)C(C)C)C(=O)[C@H]3c2ccccc2)cc1.[C-]#[O+].[C-]#[O+].[C-]#[O+].[Cr]. The summed E-state index contributed by atoms with van der Waals surface area (Å²) in [5, 5.41) is 1.09. The van der Waals surface area contributed by atoms with Crippen molar-refractivity contribution in [2.24, 2.45) is 0 Å². The summed E-state index contributed by atoms with van der Waals surface area (Å²) < 4.78 is 35.1. The number of hydrogen-bond acceptors (Lipinski definition) is 3. The van der Waals surface area contributed by atoms with Gasteiger partial charge in [-0.25, -0.2) is 0 Å². The Balaban J connectivity index is 0.00000130. The van der Waals surface area contributed by atoms with E-state index < -0.39 is 19.6 Å². The largest absolute Gasteiger partial charge is 0 e. The summed E-state index contributed by atoms with van der Waals surface area (Å²) in [6.45, 7) is 27.5. The zero-order valence-electron chi connectivity index (χ0n) is 26.2. The minimum Gasteiger partial charge on any atom is 0 e. The number of hydrogen-bond donors (Lipinski definition) is 0. The molecule has 6 nitrogen and oxygen atoms in total. The Morgan fingerprint density at radius 2 is 1.30 bits per heavy atom. The van der Waals surface area contributed by atoms with Gasteiger partial charge < -0.3 is 9.47 Å². The molecule has 0 bridgehead atoms. The molecular weight excluding hydrogens is 608 g/mol. The first kappa shape index (κ1) is 39.6. The smallest absolute Gasteiger partial charge is 0 e. The number of ether oxygens (including phenoxy) is 2. The third-order valence-corrected chi connectivity index (χ3v) is 16.0. The van der Waals surface area contributed by atoms with Crippen molar-refractivity contribution in [3.63, 3.8) is 0 Å². The average Bonchev–Trinajstić information content (AvgIpc) is 3.50. The van der Waals surface area contributed by atoms with E-state index in [-0.39, 0.29) is 23.1 Å². The number of fused-ring (bicyclic) bond motifs is 3.